The number of benzene rings is 2. The van der Waals surface area contributed by atoms with E-state index in [1.165, 1.54) is 0 Å². The van der Waals surface area contributed by atoms with Gasteiger partial charge in [0, 0.05) is 11.1 Å². The highest BCUT2D eigenvalue weighted by Gasteiger charge is 2.20. The smallest absolute Gasteiger partial charge is 0.343 e. The van der Waals surface area contributed by atoms with Crippen molar-refractivity contribution in [3.05, 3.63) is 64.4 Å². The number of hydrogen-bond donors (Lipinski definition) is 2. The lowest BCUT2D eigenvalue weighted by atomic mass is 10.1. The number of nitrogen functional groups attached to an aromatic ring is 1. The Balaban J connectivity index is 2.08. The molecule has 1 heterocycles. The van der Waals surface area contributed by atoms with Gasteiger partial charge in [0.15, 0.2) is 5.75 Å². The highest BCUT2D eigenvalue weighted by atomic mass is 16.6. The lowest BCUT2D eigenvalue weighted by Gasteiger charge is -2.13. The van der Waals surface area contributed by atoms with E-state index in [1.807, 2.05) is 13.0 Å². The van der Waals surface area contributed by atoms with E-state index in [4.69, 9.17) is 15.2 Å². The molecule has 0 bridgehead atoms. The summed E-state index contributed by atoms with van der Waals surface area (Å²) < 4.78 is 11.2. The van der Waals surface area contributed by atoms with Crippen LogP contribution in [0.25, 0.3) is 10.9 Å². The van der Waals surface area contributed by atoms with Crippen molar-refractivity contribution in [2.24, 2.45) is 0 Å². The van der Waals surface area contributed by atoms with E-state index in [-0.39, 0.29) is 11.5 Å². The number of H-pyrrole nitrogens is 1. The number of unbranched alkanes of at least 4 members (excludes halogenated alkanes) is 1. The summed E-state index contributed by atoms with van der Waals surface area (Å²) in [6.45, 7) is 2.38. The highest BCUT2D eigenvalue weighted by Crippen LogP contribution is 2.33. The standard InChI is InChI=1S/C20H20N2O4/c1-2-3-11-25-18-17(26-20(24)13-7-5-4-6-8-13)15-10-9-14(21)12-16(15)22-19(18)23/h4-10,12H,2-3,11,21H2,1H3,(H,22,23). The Kier molecular flexibility index (Phi) is 5.22. The van der Waals surface area contributed by atoms with Gasteiger partial charge >= 0.3 is 5.97 Å². The Bertz CT molecular complexity index is 980. The lowest BCUT2D eigenvalue weighted by molar-refractivity contribution is 0.0730. The fourth-order valence-corrected chi connectivity index (χ4v) is 2.54. The van der Waals surface area contributed by atoms with Gasteiger partial charge in [-0.05, 0) is 36.8 Å². The zero-order valence-corrected chi connectivity index (χ0v) is 14.5. The van der Waals surface area contributed by atoms with E-state index < -0.39 is 11.5 Å². The predicted octanol–water partition coefficient (Wildman–Crippen LogP) is 3.51. The molecule has 0 amide bonds. The molecule has 6 nitrogen and oxygen atoms in total. The van der Waals surface area contributed by atoms with Gasteiger partial charge in [-0.3, -0.25) is 4.79 Å². The fraction of sp³-hybridized carbons (Fsp3) is 0.200. The van der Waals surface area contributed by atoms with Crippen LogP contribution < -0.4 is 20.8 Å². The summed E-state index contributed by atoms with van der Waals surface area (Å²) in [7, 11) is 0. The second-order valence-electron chi connectivity index (χ2n) is 5.87. The van der Waals surface area contributed by atoms with Crippen molar-refractivity contribution in [3.63, 3.8) is 0 Å². The van der Waals surface area contributed by atoms with Gasteiger partial charge in [-0.2, -0.15) is 0 Å². The number of nitrogens with two attached hydrogens (primary N) is 1. The molecule has 0 radical (unpaired) electrons. The molecule has 0 saturated heterocycles. The number of carbonyl (C=O) groups excluding carboxylic acids is 1. The van der Waals surface area contributed by atoms with Gasteiger partial charge in [-0.15, -0.1) is 0 Å². The molecule has 3 rings (SSSR count). The minimum Gasteiger partial charge on any atom is -0.485 e. The zero-order chi connectivity index (χ0) is 18.5. The van der Waals surface area contributed by atoms with Gasteiger partial charge < -0.3 is 20.2 Å². The SMILES string of the molecule is CCCCOc1c(OC(=O)c2ccccc2)c2ccc(N)cc2[nH]c1=O. The maximum absolute atomic E-state index is 12.5. The Labute approximate surface area is 150 Å². The molecule has 3 aromatic rings. The van der Waals surface area contributed by atoms with Crippen LogP contribution in [0, 0.1) is 0 Å². The van der Waals surface area contributed by atoms with Crippen LogP contribution in [0.3, 0.4) is 0 Å². The molecule has 1 aromatic heterocycles. The highest BCUT2D eigenvalue weighted by molar-refractivity contribution is 5.96. The van der Waals surface area contributed by atoms with Gasteiger partial charge in [0.2, 0.25) is 5.75 Å². The Morgan fingerprint density at radius 2 is 1.88 bits per heavy atom. The summed E-state index contributed by atoms with van der Waals surface area (Å²) >= 11 is 0. The van der Waals surface area contributed by atoms with Crippen molar-refractivity contribution in [1.82, 2.24) is 4.98 Å². The monoisotopic (exact) mass is 352 g/mol. The fourth-order valence-electron chi connectivity index (χ4n) is 2.54. The molecule has 6 heteroatoms. The molecule has 3 N–H and O–H groups in total. The summed E-state index contributed by atoms with van der Waals surface area (Å²) in [6.07, 6.45) is 1.70. The van der Waals surface area contributed by atoms with Crippen LogP contribution in [0.1, 0.15) is 30.1 Å². The van der Waals surface area contributed by atoms with E-state index in [1.54, 1.807) is 42.5 Å². The number of esters is 1. The van der Waals surface area contributed by atoms with Crippen LogP contribution in [-0.4, -0.2) is 17.6 Å². The van der Waals surface area contributed by atoms with Crippen molar-refractivity contribution in [1.29, 1.82) is 0 Å². The third-order valence-electron chi connectivity index (χ3n) is 3.90. The molecule has 0 saturated carbocycles. The summed E-state index contributed by atoms with van der Waals surface area (Å²) in [5, 5.41) is 0.551. The molecule has 26 heavy (non-hydrogen) atoms. The average Bonchev–Trinajstić information content (AvgIpc) is 2.64. The quantitative estimate of drug-likeness (QED) is 0.402. The van der Waals surface area contributed by atoms with Crippen LogP contribution in [-0.2, 0) is 0 Å². The number of anilines is 1. The number of rotatable bonds is 6. The Morgan fingerprint density at radius 3 is 2.62 bits per heavy atom. The van der Waals surface area contributed by atoms with Crippen LogP contribution in [0.2, 0.25) is 0 Å². The van der Waals surface area contributed by atoms with Crippen molar-refractivity contribution in [3.8, 4) is 11.5 Å². The molecule has 0 aliphatic heterocycles. The number of ether oxygens (including phenoxy) is 2. The lowest BCUT2D eigenvalue weighted by Crippen LogP contribution is -2.17. The maximum Gasteiger partial charge on any atom is 0.343 e. The van der Waals surface area contributed by atoms with Gasteiger partial charge in [0.25, 0.3) is 5.56 Å². The molecular weight excluding hydrogens is 332 g/mol. The number of fused-ring (bicyclic) bond motifs is 1. The number of hydrogen-bond acceptors (Lipinski definition) is 5. The molecular formula is C20H20N2O4. The van der Waals surface area contributed by atoms with E-state index in [9.17, 15) is 9.59 Å². The normalized spacial score (nSPS) is 10.7. The second kappa shape index (κ2) is 7.74. The van der Waals surface area contributed by atoms with Crippen molar-refractivity contribution in [2.75, 3.05) is 12.3 Å². The molecule has 0 unspecified atom stereocenters. The summed E-state index contributed by atoms with van der Waals surface area (Å²) in [4.78, 5) is 27.7. The van der Waals surface area contributed by atoms with Gasteiger partial charge in [-0.25, -0.2) is 4.79 Å². The van der Waals surface area contributed by atoms with Crippen LogP contribution >= 0.6 is 0 Å². The molecule has 0 spiro atoms. The van der Waals surface area contributed by atoms with E-state index >= 15 is 0 Å². The summed E-state index contributed by atoms with van der Waals surface area (Å²) in [5.74, 6) is -0.455. The third kappa shape index (κ3) is 3.69. The third-order valence-corrected chi connectivity index (χ3v) is 3.90. The Hall–Kier alpha value is -3.28. The van der Waals surface area contributed by atoms with Gasteiger partial charge in [0.1, 0.15) is 0 Å². The van der Waals surface area contributed by atoms with Crippen molar-refractivity contribution < 1.29 is 14.3 Å². The summed E-state index contributed by atoms with van der Waals surface area (Å²) in [5.41, 5.74) is 6.69. The van der Waals surface area contributed by atoms with E-state index in [0.717, 1.165) is 12.8 Å². The first-order valence-corrected chi connectivity index (χ1v) is 8.45. The molecule has 2 aromatic carbocycles. The van der Waals surface area contributed by atoms with Crippen molar-refractivity contribution in [2.45, 2.75) is 19.8 Å². The Morgan fingerprint density at radius 1 is 1.12 bits per heavy atom. The average molecular weight is 352 g/mol. The van der Waals surface area contributed by atoms with E-state index in [0.29, 0.717) is 28.8 Å². The molecule has 0 aliphatic carbocycles. The first-order valence-electron chi connectivity index (χ1n) is 8.45. The number of carbonyl (C=O) groups is 1. The minimum absolute atomic E-state index is 0.00000236. The predicted molar refractivity (Wildman–Crippen MR) is 101 cm³/mol. The molecule has 0 fully saturated rings. The second-order valence-corrected chi connectivity index (χ2v) is 5.87. The first-order chi connectivity index (χ1) is 12.6. The topological polar surface area (TPSA) is 94.4 Å². The van der Waals surface area contributed by atoms with Gasteiger partial charge in [-0.1, -0.05) is 31.5 Å². The van der Waals surface area contributed by atoms with Crippen LogP contribution in [0.5, 0.6) is 11.5 Å². The van der Waals surface area contributed by atoms with Crippen molar-refractivity contribution >= 4 is 22.6 Å². The van der Waals surface area contributed by atoms with Crippen LogP contribution in [0.15, 0.2) is 53.3 Å². The summed E-state index contributed by atoms with van der Waals surface area (Å²) in [6, 6.07) is 13.6. The molecule has 0 aliphatic rings. The number of aromatic amines is 1. The largest absolute Gasteiger partial charge is 0.485 e. The van der Waals surface area contributed by atoms with Crippen LogP contribution in [0.4, 0.5) is 5.69 Å². The number of nitrogens with one attached hydrogen (secondary N) is 1. The molecule has 134 valence electrons. The zero-order valence-electron chi connectivity index (χ0n) is 14.5. The van der Waals surface area contributed by atoms with E-state index in [2.05, 4.69) is 4.98 Å². The first kappa shape index (κ1) is 17.5. The van der Waals surface area contributed by atoms with Gasteiger partial charge in [0.05, 0.1) is 17.7 Å². The maximum atomic E-state index is 12.5. The molecule has 0 atom stereocenters. The number of aromatic nitrogens is 1. The minimum atomic E-state index is -0.560. The number of pyridine rings is 1.